The van der Waals surface area contributed by atoms with Crippen molar-refractivity contribution < 1.29 is 9.53 Å². The van der Waals surface area contributed by atoms with Gasteiger partial charge >= 0.3 is 5.97 Å². The van der Waals surface area contributed by atoms with E-state index < -0.39 is 12.0 Å². The molecule has 0 bridgehead atoms. The quantitative estimate of drug-likeness (QED) is 0.534. The summed E-state index contributed by atoms with van der Waals surface area (Å²) in [5, 5.41) is 0. The number of ether oxygens (including phenoxy) is 1. The zero-order valence-electron chi connectivity index (χ0n) is 16.5. The van der Waals surface area contributed by atoms with Gasteiger partial charge in [-0.3, -0.25) is 9.36 Å². The molecule has 0 aliphatic carbocycles. The van der Waals surface area contributed by atoms with Gasteiger partial charge in [0.05, 0.1) is 28.5 Å². The van der Waals surface area contributed by atoms with E-state index in [4.69, 9.17) is 4.74 Å². The Bertz CT molecular complexity index is 1320. The highest BCUT2D eigenvalue weighted by Crippen LogP contribution is 2.30. The Morgan fingerprint density at radius 1 is 1.23 bits per heavy atom. The van der Waals surface area contributed by atoms with Gasteiger partial charge in [-0.05, 0) is 43.2 Å². The lowest BCUT2D eigenvalue weighted by molar-refractivity contribution is -0.139. The monoisotopic (exact) mass is 482 g/mol. The van der Waals surface area contributed by atoms with Crippen molar-refractivity contribution in [2.24, 2.45) is 4.99 Å². The Balaban J connectivity index is 1.96. The molecule has 4 rings (SSSR count). The first kappa shape index (κ1) is 20.5. The molecule has 0 spiro atoms. The molecule has 0 amide bonds. The van der Waals surface area contributed by atoms with Gasteiger partial charge in [0.15, 0.2) is 4.80 Å². The minimum absolute atomic E-state index is 0.179. The number of thiazole rings is 1. The summed E-state index contributed by atoms with van der Waals surface area (Å²) in [4.78, 5) is 31.3. The van der Waals surface area contributed by atoms with Crippen LogP contribution in [0.5, 0.6) is 0 Å². The van der Waals surface area contributed by atoms with Crippen LogP contribution in [-0.2, 0) is 9.53 Å². The van der Waals surface area contributed by atoms with Gasteiger partial charge in [0.1, 0.15) is 0 Å². The van der Waals surface area contributed by atoms with Crippen LogP contribution < -0.4 is 14.9 Å². The molecular formula is C23H19BrN2O3S. The summed E-state index contributed by atoms with van der Waals surface area (Å²) < 4.78 is 8.39. The van der Waals surface area contributed by atoms with E-state index in [9.17, 15) is 9.59 Å². The summed E-state index contributed by atoms with van der Waals surface area (Å²) in [5.41, 5.74) is 2.53. The van der Waals surface area contributed by atoms with Gasteiger partial charge in [0.2, 0.25) is 0 Å². The molecule has 30 heavy (non-hydrogen) atoms. The van der Waals surface area contributed by atoms with E-state index in [1.807, 2.05) is 60.7 Å². The Labute approximate surface area is 185 Å². The summed E-state index contributed by atoms with van der Waals surface area (Å²) in [7, 11) is 0. The molecule has 1 aliphatic heterocycles. The van der Waals surface area contributed by atoms with E-state index in [2.05, 4.69) is 20.9 Å². The van der Waals surface area contributed by atoms with E-state index in [-0.39, 0.29) is 12.2 Å². The molecule has 3 aromatic rings. The molecule has 0 N–H and O–H groups in total. The number of aromatic nitrogens is 1. The second kappa shape index (κ2) is 8.53. The maximum Gasteiger partial charge on any atom is 0.338 e. The molecule has 2 aromatic carbocycles. The molecule has 152 valence electrons. The van der Waals surface area contributed by atoms with Gasteiger partial charge < -0.3 is 4.74 Å². The molecule has 1 aromatic heterocycles. The molecule has 7 heteroatoms. The van der Waals surface area contributed by atoms with Crippen molar-refractivity contribution in [1.82, 2.24) is 4.57 Å². The molecule has 5 nitrogen and oxygen atoms in total. The maximum atomic E-state index is 13.4. The summed E-state index contributed by atoms with van der Waals surface area (Å²) in [6, 6.07) is 16.7. The first-order valence-corrected chi connectivity index (χ1v) is 11.1. The Hall–Kier alpha value is -2.77. The van der Waals surface area contributed by atoms with E-state index >= 15 is 0 Å². The van der Waals surface area contributed by atoms with Crippen molar-refractivity contribution in [2.45, 2.75) is 19.9 Å². The molecule has 0 saturated heterocycles. The Kier molecular flexibility index (Phi) is 5.83. The highest BCUT2D eigenvalue weighted by atomic mass is 79.9. The van der Waals surface area contributed by atoms with Crippen LogP contribution in [-0.4, -0.2) is 17.1 Å². The van der Waals surface area contributed by atoms with Gasteiger partial charge in [0.25, 0.3) is 5.56 Å². The number of carbonyl (C=O) groups is 1. The van der Waals surface area contributed by atoms with Crippen LogP contribution >= 0.6 is 27.3 Å². The van der Waals surface area contributed by atoms with E-state index in [0.717, 1.165) is 15.6 Å². The zero-order valence-corrected chi connectivity index (χ0v) is 18.9. The predicted octanol–water partition coefficient (Wildman–Crippen LogP) is 3.56. The lowest BCUT2D eigenvalue weighted by Crippen LogP contribution is -2.39. The Morgan fingerprint density at radius 2 is 2.00 bits per heavy atom. The first-order valence-electron chi connectivity index (χ1n) is 9.49. The smallest absolute Gasteiger partial charge is 0.338 e. The third-order valence-corrected chi connectivity index (χ3v) is 6.25. The van der Waals surface area contributed by atoms with Gasteiger partial charge in [-0.15, -0.1) is 0 Å². The van der Waals surface area contributed by atoms with Crippen LogP contribution in [0.15, 0.2) is 80.1 Å². The molecule has 2 heterocycles. The predicted molar refractivity (Wildman–Crippen MR) is 121 cm³/mol. The summed E-state index contributed by atoms with van der Waals surface area (Å²) >= 11 is 4.78. The number of allylic oxidation sites excluding steroid dienone is 1. The normalized spacial score (nSPS) is 16.2. The molecule has 1 aliphatic rings. The SMILES string of the molecule is CCOC(=O)C1=C(C)N=c2sc(=Cc3cccc(Br)c3)c(=O)n2[C@H]1c1ccccc1. The largest absolute Gasteiger partial charge is 0.463 e. The van der Waals surface area contributed by atoms with Crippen molar-refractivity contribution in [3.8, 4) is 0 Å². The number of esters is 1. The fourth-order valence-corrected chi connectivity index (χ4v) is 4.95. The summed E-state index contributed by atoms with van der Waals surface area (Å²) in [5.74, 6) is -0.450. The van der Waals surface area contributed by atoms with E-state index in [1.54, 1.807) is 18.4 Å². The fraction of sp³-hybridized carbons (Fsp3) is 0.174. The van der Waals surface area contributed by atoms with Crippen molar-refractivity contribution in [2.75, 3.05) is 6.61 Å². The third kappa shape index (κ3) is 3.82. The van der Waals surface area contributed by atoms with E-state index in [1.165, 1.54) is 11.3 Å². The van der Waals surface area contributed by atoms with Crippen molar-refractivity contribution in [3.63, 3.8) is 0 Å². The van der Waals surface area contributed by atoms with Crippen LogP contribution in [0.2, 0.25) is 0 Å². The number of nitrogens with zero attached hydrogens (tertiary/aromatic N) is 2. The van der Waals surface area contributed by atoms with Crippen molar-refractivity contribution in [1.29, 1.82) is 0 Å². The van der Waals surface area contributed by atoms with Crippen LogP contribution in [0, 0.1) is 0 Å². The zero-order chi connectivity index (χ0) is 21.3. The lowest BCUT2D eigenvalue weighted by Gasteiger charge is -2.24. The second-order valence-electron chi connectivity index (χ2n) is 6.77. The molecule has 0 radical (unpaired) electrons. The van der Waals surface area contributed by atoms with Crippen LogP contribution in [0.1, 0.15) is 31.0 Å². The number of fused-ring (bicyclic) bond motifs is 1. The minimum atomic E-state index is -0.578. The first-order chi connectivity index (χ1) is 14.5. The number of carbonyl (C=O) groups excluding carboxylic acids is 1. The number of halogens is 1. The second-order valence-corrected chi connectivity index (χ2v) is 8.69. The number of hydrogen-bond acceptors (Lipinski definition) is 5. The molecule has 0 saturated carbocycles. The molecular weight excluding hydrogens is 464 g/mol. The van der Waals surface area contributed by atoms with Crippen molar-refractivity contribution >= 4 is 39.3 Å². The molecule has 1 atom stereocenters. The van der Waals surface area contributed by atoms with Crippen LogP contribution in [0.3, 0.4) is 0 Å². The number of benzene rings is 2. The fourth-order valence-electron chi connectivity index (χ4n) is 3.49. The van der Waals surface area contributed by atoms with E-state index in [0.29, 0.717) is 20.6 Å². The number of hydrogen-bond donors (Lipinski definition) is 0. The Morgan fingerprint density at radius 3 is 2.70 bits per heavy atom. The van der Waals surface area contributed by atoms with Gasteiger partial charge in [0, 0.05) is 4.47 Å². The van der Waals surface area contributed by atoms with Gasteiger partial charge in [-0.25, -0.2) is 9.79 Å². The van der Waals surface area contributed by atoms with Crippen molar-refractivity contribution in [3.05, 3.63) is 101 Å². The topological polar surface area (TPSA) is 60.7 Å². The van der Waals surface area contributed by atoms with Gasteiger partial charge in [-0.1, -0.05) is 69.7 Å². The van der Waals surface area contributed by atoms with Crippen LogP contribution in [0.25, 0.3) is 6.08 Å². The summed E-state index contributed by atoms with van der Waals surface area (Å²) in [6.45, 7) is 3.80. The average molecular weight is 483 g/mol. The van der Waals surface area contributed by atoms with Crippen LogP contribution in [0.4, 0.5) is 0 Å². The standard InChI is InChI=1S/C23H19BrN2O3S/c1-3-29-22(28)19-14(2)25-23-26(20(19)16-9-5-4-6-10-16)21(27)18(30-23)13-15-8-7-11-17(24)12-15/h4-13,20H,3H2,1-2H3/t20-/m0/s1. The summed E-state index contributed by atoms with van der Waals surface area (Å²) in [6.07, 6.45) is 1.85. The minimum Gasteiger partial charge on any atom is -0.463 e. The number of rotatable bonds is 4. The third-order valence-electron chi connectivity index (χ3n) is 4.78. The maximum absolute atomic E-state index is 13.4. The van der Waals surface area contributed by atoms with Gasteiger partial charge in [-0.2, -0.15) is 0 Å². The highest BCUT2D eigenvalue weighted by Gasteiger charge is 2.33. The average Bonchev–Trinajstić information content (AvgIpc) is 3.02. The molecule has 0 unspecified atom stereocenters. The lowest BCUT2D eigenvalue weighted by atomic mass is 9.96. The highest BCUT2D eigenvalue weighted by molar-refractivity contribution is 9.10. The molecule has 0 fully saturated rings.